The fourth-order valence-electron chi connectivity index (χ4n) is 5.18. The van der Waals surface area contributed by atoms with Gasteiger partial charge in [0.2, 0.25) is 5.91 Å². The first-order valence-electron chi connectivity index (χ1n) is 12.4. The van der Waals surface area contributed by atoms with Crippen LogP contribution in [-0.4, -0.2) is 66.1 Å². The highest BCUT2D eigenvalue weighted by molar-refractivity contribution is 9.10. The van der Waals surface area contributed by atoms with Crippen LogP contribution in [0.15, 0.2) is 88.2 Å². The second kappa shape index (κ2) is 10.9. The number of nitrogens with zero attached hydrogens (tertiary/aromatic N) is 1. The van der Waals surface area contributed by atoms with E-state index < -0.39 is 45.2 Å². The van der Waals surface area contributed by atoms with Crippen LogP contribution >= 0.6 is 15.9 Å². The zero-order valence-electron chi connectivity index (χ0n) is 20.7. The Morgan fingerprint density at radius 2 is 1.77 bits per heavy atom. The molecule has 2 aliphatic rings. The summed E-state index contributed by atoms with van der Waals surface area (Å²) >= 11 is 3.34. The average molecular weight is 613 g/mol. The minimum absolute atomic E-state index is 0.0203. The minimum Gasteiger partial charge on any atom is -0.508 e. The van der Waals surface area contributed by atoms with Gasteiger partial charge in [-0.1, -0.05) is 52.3 Å². The molecule has 0 aliphatic carbocycles. The fraction of sp³-hybridized carbons (Fsp3) is 0.250. The lowest BCUT2D eigenvalue weighted by molar-refractivity contribution is -0.138. The fourth-order valence-corrected chi connectivity index (χ4v) is 7.43. The Morgan fingerprint density at radius 1 is 1.05 bits per heavy atom. The Bertz CT molecular complexity index is 1510. The molecule has 2 amide bonds. The maximum absolute atomic E-state index is 14.2. The van der Waals surface area contributed by atoms with Crippen LogP contribution in [0.4, 0.5) is 0 Å². The first-order valence-corrected chi connectivity index (χ1v) is 14.7. The number of sulfone groups is 1. The molecule has 0 radical (unpaired) electrons. The number of phenolic OH excluding ortho intramolecular Hbond substituents is 1. The van der Waals surface area contributed by atoms with Gasteiger partial charge in [0.1, 0.15) is 23.2 Å². The highest BCUT2D eigenvalue weighted by atomic mass is 79.9. The van der Waals surface area contributed by atoms with Crippen LogP contribution in [0.1, 0.15) is 22.3 Å². The molecule has 0 bridgehead atoms. The molecule has 5 rings (SSSR count). The average Bonchev–Trinajstić information content (AvgIpc) is 3.49. The number of aromatic hydroxyl groups is 1. The predicted molar refractivity (Wildman–Crippen MR) is 147 cm³/mol. The van der Waals surface area contributed by atoms with Crippen molar-refractivity contribution in [2.75, 3.05) is 6.54 Å². The Morgan fingerprint density at radius 3 is 2.46 bits per heavy atom. The van der Waals surface area contributed by atoms with Crippen molar-refractivity contribution < 1.29 is 27.9 Å². The summed E-state index contributed by atoms with van der Waals surface area (Å²) in [6.45, 7) is 0.0320. The Balaban J connectivity index is 1.53. The molecule has 2 saturated heterocycles. The third kappa shape index (κ3) is 5.47. The summed E-state index contributed by atoms with van der Waals surface area (Å²) in [5.74, 6) is -1.43. The van der Waals surface area contributed by atoms with Crippen molar-refractivity contribution in [2.24, 2.45) is 0 Å². The first kappa shape index (κ1) is 27.0. The summed E-state index contributed by atoms with van der Waals surface area (Å²) in [4.78, 5) is 41.6. The molecule has 0 saturated carbocycles. The van der Waals surface area contributed by atoms with Crippen LogP contribution in [0.5, 0.6) is 5.75 Å². The molecule has 11 heteroatoms. The number of nitrogens with one attached hydrogen (secondary N) is 2. The molecule has 3 N–H and O–H groups in total. The van der Waals surface area contributed by atoms with Gasteiger partial charge in [0.25, 0.3) is 5.91 Å². The van der Waals surface area contributed by atoms with Gasteiger partial charge in [0, 0.05) is 28.9 Å². The monoisotopic (exact) mass is 611 g/mol. The van der Waals surface area contributed by atoms with Crippen LogP contribution < -0.4 is 10.6 Å². The van der Waals surface area contributed by atoms with E-state index >= 15 is 0 Å². The molecule has 4 atom stereocenters. The van der Waals surface area contributed by atoms with Gasteiger partial charge in [-0.15, -0.1) is 0 Å². The number of Topliss-reactive ketones (excluding diaryl/α,β-unsaturated/α-hetero) is 1. The van der Waals surface area contributed by atoms with Gasteiger partial charge in [-0.3, -0.25) is 14.4 Å². The van der Waals surface area contributed by atoms with Crippen molar-refractivity contribution in [3.8, 4) is 5.75 Å². The molecular formula is C28H26BrN3O6S. The molecule has 3 aromatic rings. The van der Waals surface area contributed by atoms with E-state index in [0.29, 0.717) is 15.6 Å². The number of phenols is 1. The second-order valence-corrected chi connectivity index (χ2v) is 12.6. The van der Waals surface area contributed by atoms with Crippen LogP contribution in [0, 0.1) is 0 Å². The van der Waals surface area contributed by atoms with Gasteiger partial charge in [0.15, 0.2) is 15.6 Å². The molecule has 39 heavy (non-hydrogen) atoms. The molecule has 3 unspecified atom stereocenters. The summed E-state index contributed by atoms with van der Waals surface area (Å²) in [6.07, 6.45) is 0.0668. The van der Waals surface area contributed by atoms with E-state index in [-0.39, 0.29) is 35.8 Å². The minimum atomic E-state index is -4.04. The number of ketones is 1. The van der Waals surface area contributed by atoms with E-state index in [2.05, 4.69) is 26.6 Å². The molecule has 0 aromatic heterocycles. The molecule has 0 spiro atoms. The summed E-state index contributed by atoms with van der Waals surface area (Å²) in [6, 6.07) is 18.0. The predicted octanol–water partition coefficient (Wildman–Crippen LogP) is 2.44. The molecule has 2 aliphatic heterocycles. The topological polar surface area (TPSA) is 133 Å². The SMILES string of the molecule is O=C(N[C@@H](Cc1ccc(O)cc1)C(=O)N1C2C(=O)CNC2CC1S(=O)(=O)c1ccccc1)c1cccc(Br)c1. The summed E-state index contributed by atoms with van der Waals surface area (Å²) in [5, 5.41) is 14.2. The lowest BCUT2D eigenvalue weighted by Crippen LogP contribution is -2.56. The van der Waals surface area contributed by atoms with Gasteiger partial charge in [-0.25, -0.2) is 8.42 Å². The number of amides is 2. The molecular weight excluding hydrogens is 586 g/mol. The summed E-state index contributed by atoms with van der Waals surface area (Å²) in [5.41, 5.74) is 0.939. The number of carbonyl (C=O) groups excluding carboxylic acids is 3. The molecule has 202 valence electrons. The quantitative estimate of drug-likeness (QED) is 0.374. The van der Waals surface area contributed by atoms with E-state index in [4.69, 9.17) is 0 Å². The van der Waals surface area contributed by atoms with E-state index in [0.717, 1.165) is 4.90 Å². The van der Waals surface area contributed by atoms with Gasteiger partial charge >= 0.3 is 0 Å². The van der Waals surface area contributed by atoms with Gasteiger partial charge < -0.3 is 20.6 Å². The lowest BCUT2D eigenvalue weighted by atomic mass is 10.0. The smallest absolute Gasteiger partial charge is 0.251 e. The van der Waals surface area contributed by atoms with E-state index in [1.165, 1.54) is 24.3 Å². The Labute approximate surface area is 234 Å². The second-order valence-electron chi connectivity index (χ2n) is 9.60. The van der Waals surface area contributed by atoms with E-state index in [9.17, 15) is 27.9 Å². The lowest BCUT2D eigenvalue weighted by Gasteiger charge is -2.32. The maximum Gasteiger partial charge on any atom is 0.251 e. The number of hydrogen-bond donors (Lipinski definition) is 3. The van der Waals surface area contributed by atoms with Crippen LogP contribution in [0.3, 0.4) is 0 Å². The van der Waals surface area contributed by atoms with Crippen molar-refractivity contribution in [1.82, 2.24) is 15.5 Å². The van der Waals surface area contributed by atoms with Gasteiger partial charge in [-0.05, 0) is 48.0 Å². The van der Waals surface area contributed by atoms with E-state index in [1.807, 2.05) is 0 Å². The zero-order valence-corrected chi connectivity index (χ0v) is 23.1. The molecule has 2 heterocycles. The summed E-state index contributed by atoms with van der Waals surface area (Å²) in [7, 11) is -4.04. The standard InChI is InChI=1S/C28H26BrN3O6S/c29-19-6-4-5-18(14-19)27(35)31-23(13-17-9-11-20(33)12-10-17)28(36)32-25(15-22-26(32)24(34)16-30-22)39(37,38)21-7-2-1-3-8-21/h1-12,14,22-23,25-26,30,33H,13,15-16H2,(H,31,35)/t22?,23-,25?,26?/m0/s1. The molecule has 9 nitrogen and oxygen atoms in total. The van der Waals surface area contributed by atoms with Gasteiger partial charge in [0.05, 0.1) is 11.4 Å². The number of likely N-dealkylation sites (tertiary alicyclic amines) is 1. The molecule has 3 aromatic carbocycles. The van der Waals surface area contributed by atoms with Crippen molar-refractivity contribution in [3.63, 3.8) is 0 Å². The third-order valence-corrected chi connectivity index (χ3v) is 9.62. The van der Waals surface area contributed by atoms with Crippen molar-refractivity contribution >= 4 is 43.4 Å². The van der Waals surface area contributed by atoms with Crippen molar-refractivity contribution in [1.29, 1.82) is 0 Å². The highest BCUT2D eigenvalue weighted by Gasteiger charge is 2.55. The normalized spacial score (nSPS) is 21.4. The summed E-state index contributed by atoms with van der Waals surface area (Å²) < 4.78 is 28.1. The van der Waals surface area contributed by atoms with Crippen LogP contribution in [-0.2, 0) is 25.8 Å². The number of carbonyl (C=O) groups is 3. The van der Waals surface area contributed by atoms with Crippen molar-refractivity contribution in [2.45, 2.75) is 41.2 Å². The third-order valence-electron chi connectivity index (χ3n) is 7.07. The van der Waals surface area contributed by atoms with Gasteiger partial charge in [-0.2, -0.15) is 0 Å². The number of fused-ring (bicyclic) bond motifs is 1. The highest BCUT2D eigenvalue weighted by Crippen LogP contribution is 2.35. The number of rotatable bonds is 7. The zero-order chi connectivity index (χ0) is 27.7. The van der Waals surface area contributed by atoms with Crippen molar-refractivity contribution in [3.05, 3.63) is 94.5 Å². The molecule has 2 fully saturated rings. The maximum atomic E-state index is 14.2. The number of benzene rings is 3. The largest absolute Gasteiger partial charge is 0.508 e. The number of hydrogen-bond acceptors (Lipinski definition) is 7. The first-order chi connectivity index (χ1) is 18.6. The Hall–Kier alpha value is -3.54. The van der Waals surface area contributed by atoms with E-state index in [1.54, 1.807) is 54.6 Å². The number of halogens is 1. The Kier molecular flexibility index (Phi) is 7.57. The van der Waals surface area contributed by atoms with Crippen LogP contribution in [0.2, 0.25) is 0 Å². The van der Waals surface area contributed by atoms with Crippen LogP contribution in [0.25, 0.3) is 0 Å².